The highest BCUT2D eigenvalue weighted by atomic mass is 15.1. The summed E-state index contributed by atoms with van der Waals surface area (Å²) in [6, 6.07) is 9.55. The average Bonchev–Trinajstić information content (AvgIpc) is 2.37. The van der Waals surface area contributed by atoms with Gasteiger partial charge in [0.05, 0.1) is 11.4 Å². The van der Waals surface area contributed by atoms with E-state index in [0.717, 1.165) is 11.3 Å². The van der Waals surface area contributed by atoms with Gasteiger partial charge in [-0.1, -0.05) is 56.9 Å². The van der Waals surface area contributed by atoms with E-state index in [0.29, 0.717) is 5.70 Å². The van der Waals surface area contributed by atoms with Crippen LogP contribution in [-0.4, -0.2) is 0 Å². The monoisotopic (exact) mass is 228 g/mol. The molecule has 0 aliphatic carbocycles. The third-order valence-electron chi connectivity index (χ3n) is 1.61. The van der Waals surface area contributed by atoms with E-state index >= 15 is 0 Å². The van der Waals surface area contributed by atoms with Crippen molar-refractivity contribution in [3.05, 3.63) is 66.9 Å². The molecule has 0 spiro atoms. The van der Waals surface area contributed by atoms with Crippen LogP contribution in [-0.2, 0) is 0 Å². The van der Waals surface area contributed by atoms with Gasteiger partial charge in [-0.3, -0.25) is 0 Å². The van der Waals surface area contributed by atoms with Gasteiger partial charge in [-0.2, -0.15) is 10.2 Å². The van der Waals surface area contributed by atoms with Crippen molar-refractivity contribution in [3.8, 4) is 0 Å². The molecule has 0 amide bonds. The largest absolute Gasteiger partial charge is 0.151 e. The highest BCUT2D eigenvalue weighted by Crippen LogP contribution is 2.12. The Labute approximate surface area is 104 Å². The number of hydrogen-bond donors (Lipinski definition) is 0. The van der Waals surface area contributed by atoms with Gasteiger partial charge in [0.1, 0.15) is 0 Å². The predicted octanol–water partition coefficient (Wildman–Crippen LogP) is 5.44. The summed E-state index contributed by atoms with van der Waals surface area (Å²) in [6.45, 7) is 13.4. The molecule has 90 valence electrons. The van der Waals surface area contributed by atoms with Crippen molar-refractivity contribution in [1.29, 1.82) is 0 Å². The first-order chi connectivity index (χ1) is 8.18. The Bertz CT molecular complexity index is 400. The number of benzene rings is 1. The standard InChI is InChI=1S/C13H14N2.C2H6/c1-11(2)9-10-12(3)14-15-13-7-5-4-6-8-13;1-2/h4-10H,1,3H2,2H3;1-2H3/b10-9-,15-14?;. The molecule has 0 N–H and O–H groups in total. The van der Waals surface area contributed by atoms with Crippen LogP contribution in [0.2, 0.25) is 0 Å². The van der Waals surface area contributed by atoms with Crippen LogP contribution in [0.25, 0.3) is 0 Å². The summed E-state index contributed by atoms with van der Waals surface area (Å²) in [5.74, 6) is 0. The molecular formula is C15H20N2. The Morgan fingerprint density at radius 1 is 1.06 bits per heavy atom. The lowest BCUT2D eigenvalue weighted by Crippen LogP contribution is -1.68. The normalized spacial score (nSPS) is 10.1. The fourth-order valence-corrected chi connectivity index (χ4v) is 0.888. The lowest BCUT2D eigenvalue weighted by molar-refractivity contribution is 1.18. The maximum atomic E-state index is 4.03. The van der Waals surface area contributed by atoms with Gasteiger partial charge in [-0.05, 0) is 25.1 Å². The maximum Gasteiger partial charge on any atom is 0.0857 e. The zero-order chi connectivity index (χ0) is 13.1. The van der Waals surface area contributed by atoms with Crippen LogP contribution >= 0.6 is 0 Å². The molecule has 1 aromatic rings. The van der Waals surface area contributed by atoms with Crippen LogP contribution in [0.5, 0.6) is 0 Å². The summed E-state index contributed by atoms with van der Waals surface area (Å²) in [5, 5.41) is 8.00. The van der Waals surface area contributed by atoms with Crippen LogP contribution in [0, 0.1) is 0 Å². The minimum absolute atomic E-state index is 0.613. The molecular weight excluding hydrogens is 208 g/mol. The molecule has 17 heavy (non-hydrogen) atoms. The lowest BCUT2D eigenvalue weighted by Gasteiger charge is -1.91. The molecule has 0 aliphatic rings. The van der Waals surface area contributed by atoms with Crippen LogP contribution in [0.3, 0.4) is 0 Å². The fraction of sp³-hybridized carbons (Fsp3) is 0.200. The van der Waals surface area contributed by atoms with Crippen LogP contribution in [0.15, 0.2) is 77.1 Å². The minimum Gasteiger partial charge on any atom is -0.151 e. The number of nitrogens with zero attached hydrogens (tertiary/aromatic N) is 2. The molecule has 0 bridgehead atoms. The summed E-state index contributed by atoms with van der Waals surface area (Å²) < 4.78 is 0. The van der Waals surface area contributed by atoms with E-state index in [9.17, 15) is 0 Å². The molecule has 0 unspecified atom stereocenters. The van der Waals surface area contributed by atoms with Crippen molar-refractivity contribution in [3.63, 3.8) is 0 Å². The first-order valence-corrected chi connectivity index (χ1v) is 5.68. The Morgan fingerprint density at radius 2 is 1.65 bits per heavy atom. The van der Waals surface area contributed by atoms with Gasteiger partial charge in [-0.25, -0.2) is 0 Å². The zero-order valence-electron chi connectivity index (χ0n) is 10.9. The van der Waals surface area contributed by atoms with E-state index in [1.54, 1.807) is 6.08 Å². The molecule has 1 rings (SSSR count). The van der Waals surface area contributed by atoms with E-state index in [4.69, 9.17) is 0 Å². The van der Waals surface area contributed by atoms with E-state index in [2.05, 4.69) is 23.4 Å². The van der Waals surface area contributed by atoms with Crippen LogP contribution in [0.1, 0.15) is 20.8 Å². The predicted molar refractivity (Wildman–Crippen MR) is 75.4 cm³/mol. The summed E-state index contributed by atoms with van der Waals surface area (Å²) >= 11 is 0. The molecule has 2 heteroatoms. The quantitative estimate of drug-likeness (QED) is 0.484. The Hall–Kier alpha value is -1.96. The number of hydrogen-bond acceptors (Lipinski definition) is 2. The van der Waals surface area contributed by atoms with Crippen molar-refractivity contribution >= 4 is 5.69 Å². The fourth-order valence-electron chi connectivity index (χ4n) is 0.888. The molecule has 2 nitrogen and oxygen atoms in total. The maximum absolute atomic E-state index is 4.03. The summed E-state index contributed by atoms with van der Waals surface area (Å²) in [6.07, 6.45) is 3.64. The Balaban J connectivity index is 0.00000121. The molecule has 0 atom stereocenters. The van der Waals surface area contributed by atoms with Gasteiger partial charge in [0.25, 0.3) is 0 Å². The van der Waals surface area contributed by atoms with Crippen LogP contribution < -0.4 is 0 Å². The van der Waals surface area contributed by atoms with E-state index in [1.165, 1.54) is 0 Å². The van der Waals surface area contributed by atoms with Gasteiger partial charge >= 0.3 is 0 Å². The molecule has 1 aromatic carbocycles. The smallest absolute Gasteiger partial charge is 0.0857 e. The van der Waals surface area contributed by atoms with Crippen molar-refractivity contribution in [2.24, 2.45) is 10.2 Å². The number of allylic oxidation sites excluding steroid dienone is 3. The first kappa shape index (κ1) is 15.0. The zero-order valence-corrected chi connectivity index (χ0v) is 10.9. The second-order valence-electron chi connectivity index (χ2n) is 3.21. The highest BCUT2D eigenvalue weighted by Gasteiger charge is 1.86. The van der Waals surface area contributed by atoms with E-state index in [1.807, 2.05) is 57.2 Å². The Morgan fingerprint density at radius 3 is 2.18 bits per heavy atom. The molecule has 0 aliphatic heterocycles. The molecule has 0 aromatic heterocycles. The molecule has 0 fully saturated rings. The van der Waals surface area contributed by atoms with Gasteiger partial charge in [-0.15, -0.1) is 0 Å². The van der Waals surface area contributed by atoms with Crippen molar-refractivity contribution in [1.82, 2.24) is 0 Å². The first-order valence-electron chi connectivity index (χ1n) is 5.68. The van der Waals surface area contributed by atoms with Gasteiger partial charge in [0.2, 0.25) is 0 Å². The number of azo groups is 1. The van der Waals surface area contributed by atoms with Crippen LogP contribution in [0.4, 0.5) is 5.69 Å². The number of rotatable bonds is 4. The summed E-state index contributed by atoms with van der Waals surface area (Å²) in [4.78, 5) is 0. The summed E-state index contributed by atoms with van der Waals surface area (Å²) in [7, 11) is 0. The SMILES string of the molecule is C=C(C)/C=C\C(=C)N=Nc1ccccc1.CC. The van der Waals surface area contributed by atoms with Crippen molar-refractivity contribution in [2.45, 2.75) is 20.8 Å². The lowest BCUT2D eigenvalue weighted by atomic mass is 10.3. The van der Waals surface area contributed by atoms with Crippen molar-refractivity contribution < 1.29 is 0 Å². The average molecular weight is 228 g/mol. The van der Waals surface area contributed by atoms with E-state index in [-0.39, 0.29) is 0 Å². The molecule has 0 saturated heterocycles. The second kappa shape index (κ2) is 9.28. The van der Waals surface area contributed by atoms with Crippen molar-refractivity contribution in [2.75, 3.05) is 0 Å². The minimum atomic E-state index is 0.613. The molecule has 0 radical (unpaired) electrons. The third kappa shape index (κ3) is 7.91. The second-order valence-corrected chi connectivity index (χ2v) is 3.21. The van der Waals surface area contributed by atoms with Gasteiger partial charge in [0.15, 0.2) is 0 Å². The summed E-state index contributed by atoms with van der Waals surface area (Å²) in [5.41, 5.74) is 2.40. The third-order valence-corrected chi connectivity index (χ3v) is 1.61. The van der Waals surface area contributed by atoms with E-state index < -0.39 is 0 Å². The van der Waals surface area contributed by atoms with Gasteiger partial charge in [0, 0.05) is 0 Å². The highest BCUT2D eigenvalue weighted by molar-refractivity contribution is 5.35. The Kier molecular flexibility index (Phi) is 8.21. The topological polar surface area (TPSA) is 24.7 Å². The van der Waals surface area contributed by atoms with Gasteiger partial charge < -0.3 is 0 Å². The molecule has 0 saturated carbocycles. The molecule has 0 heterocycles.